The molecule has 0 spiro atoms. The van der Waals surface area contributed by atoms with Crippen LogP contribution in [0.1, 0.15) is 22.2 Å². The SMILES string of the molecule is CCc1ccc(NC(=O)/C(C#N)=C\c2ccc(C)s2)cc1. The van der Waals surface area contributed by atoms with Crippen molar-refractivity contribution < 1.29 is 4.79 Å². The van der Waals surface area contributed by atoms with Crippen molar-refractivity contribution >= 4 is 29.0 Å². The highest BCUT2D eigenvalue weighted by Crippen LogP contribution is 2.19. The molecular weight excluding hydrogens is 280 g/mol. The van der Waals surface area contributed by atoms with Crippen molar-refractivity contribution in [3.8, 4) is 6.07 Å². The van der Waals surface area contributed by atoms with Crippen LogP contribution >= 0.6 is 11.3 Å². The van der Waals surface area contributed by atoms with Gasteiger partial charge in [0.1, 0.15) is 11.6 Å². The van der Waals surface area contributed by atoms with Crippen molar-refractivity contribution in [1.82, 2.24) is 0 Å². The Hall–Kier alpha value is -2.38. The van der Waals surface area contributed by atoms with Gasteiger partial charge < -0.3 is 5.32 Å². The lowest BCUT2D eigenvalue weighted by Gasteiger charge is -2.05. The molecule has 1 heterocycles. The maximum absolute atomic E-state index is 12.1. The van der Waals surface area contributed by atoms with E-state index in [2.05, 4.69) is 12.2 Å². The van der Waals surface area contributed by atoms with Gasteiger partial charge in [0.25, 0.3) is 5.91 Å². The molecule has 4 heteroatoms. The first-order valence-corrected chi connectivity index (χ1v) is 7.52. The predicted molar refractivity (Wildman–Crippen MR) is 87.1 cm³/mol. The molecule has 21 heavy (non-hydrogen) atoms. The molecule has 106 valence electrons. The van der Waals surface area contributed by atoms with Gasteiger partial charge in [-0.2, -0.15) is 5.26 Å². The van der Waals surface area contributed by atoms with Crippen LogP contribution in [0.25, 0.3) is 6.08 Å². The first-order chi connectivity index (χ1) is 10.1. The molecule has 2 aromatic rings. The van der Waals surface area contributed by atoms with E-state index in [1.165, 1.54) is 5.56 Å². The van der Waals surface area contributed by atoms with Crippen LogP contribution in [0.4, 0.5) is 5.69 Å². The molecular formula is C17H16N2OS. The third-order valence-electron chi connectivity index (χ3n) is 3.03. The number of nitrogens with zero attached hydrogens (tertiary/aromatic N) is 1. The van der Waals surface area contributed by atoms with Gasteiger partial charge in [0.2, 0.25) is 0 Å². The number of thiophene rings is 1. The smallest absolute Gasteiger partial charge is 0.266 e. The molecule has 0 aliphatic rings. The maximum atomic E-state index is 12.1. The minimum Gasteiger partial charge on any atom is -0.321 e. The summed E-state index contributed by atoms with van der Waals surface area (Å²) in [5.74, 6) is -0.382. The summed E-state index contributed by atoms with van der Waals surface area (Å²) in [7, 11) is 0. The summed E-state index contributed by atoms with van der Waals surface area (Å²) in [5.41, 5.74) is 2.01. The van der Waals surface area contributed by atoms with Gasteiger partial charge in [0.15, 0.2) is 0 Å². The number of aryl methyl sites for hydroxylation is 2. The van der Waals surface area contributed by atoms with E-state index >= 15 is 0 Å². The molecule has 0 bridgehead atoms. The van der Waals surface area contributed by atoms with Crippen LogP contribution in [0.15, 0.2) is 42.0 Å². The van der Waals surface area contributed by atoms with Crippen molar-refractivity contribution in [2.45, 2.75) is 20.3 Å². The zero-order valence-corrected chi connectivity index (χ0v) is 12.8. The Kier molecular flexibility index (Phi) is 4.91. The van der Waals surface area contributed by atoms with Gasteiger partial charge in [0, 0.05) is 15.4 Å². The van der Waals surface area contributed by atoms with E-state index in [0.717, 1.165) is 16.2 Å². The monoisotopic (exact) mass is 296 g/mol. The largest absolute Gasteiger partial charge is 0.321 e. The maximum Gasteiger partial charge on any atom is 0.266 e. The number of carbonyl (C=O) groups is 1. The minimum atomic E-state index is -0.382. The van der Waals surface area contributed by atoms with Crippen LogP contribution in [-0.4, -0.2) is 5.91 Å². The highest BCUT2D eigenvalue weighted by Gasteiger charge is 2.10. The zero-order valence-electron chi connectivity index (χ0n) is 12.0. The highest BCUT2D eigenvalue weighted by atomic mass is 32.1. The van der Waals surface area contributed by atoms with Crippen LogP contribution in [0.5, 0.6) is 0 Å². The first kappa shape index (κ1) is 15.0. The fourth-order valence-electron chi connectivity index (χ4n) is 1.84. The molecule has 0 aliphatic carbocycles. The molecule has 1 aromatic carbocycles. The number of amides is 1. The van der Waals surface area contributed by atoms with Gasteiger partial charge in [-0.1, -0.05) is 19.1 Å². The number of rotatable bonds is 4. The molecule has 3 nitrogen and oxygen atoms in total. The molecule has 0 saturated heterocycles. The lowest BCUT2D eigenvalue weighted by Crippen LogP contribution is -2.13. The number of carbonyl (C=O) groups excluding carboxylic acids is 1. The van der Waals surface area contributed by atoms with E-state index in [4.69, 9.17) is 5.26 Å². The second kappa shape index (κ2) is 6.87. The normalized spacial score (nSPS) is 11.0. The van der Waals surface area contributed by atoms with E-state index in [1.54, 1.807) is 17.4 Å². The number of hydrogen-bond donors (Lipinski definition) is 1. The number of nitrogens with one attached hydrogen (secondary N) is 1. The third kappa shape index (κ3) is 4.04. The van der Waals surface area contributed by atoms with Crippen molar-refractivity contribution in [2.24, 2.45) is 0 Å². The zero-order chi connectivity index (χ0) is 15.2. The Bertz CT molecular complexity index is 705. The summed E-state index contributed by atoms with van der Waals surface area (Å²) in [6.45, 7) is 4.07. The van der Waals surface area contributed by atoms with Gasteiger partial charge in [-0.25, -0.2) is 0 Å². The van der Waals surface area contributed by atoms with Gasteiger partial charge >= 0.3 is 0 Å². The van der Waals surface area contributed by atoms with E-state index in [-0.39, 0.29) is 11.5 Å². The number of anilines is 1. The summed E-state index contributed by atoms with van der Waals surface area (Å²) in [4.78, 5) is 14.2. The Morgan fingerprint density at radius 3 is 2.52 bits per heavy atom. The second-order valence-corrected chi connectivity index (χ2v) is 5.94. The summed E-state index contributed by atoms with van der Waals surface area (Å²) in [6, 6.07) is 13.5. The third-order valence-corrected chi connectivity index (χ3v) is 3.98. The van der Waals surface area contributed by atoms with Crippen molar-refractivity contribution in [3.63, 3.8) is 0 Å². The lowest BCUT2D eigenvalue weighted by atomic mass is 10.1. The molecule has 0 radical (unpaired) electrons. The first-order valence-electron chi connectivity index (χ1n) is 6.71. The molecule has 1 N–H and O–H groups in total. The Morgan fingerprint density at radius 2 is 2.00 bits per heavy atom. The molecule has 2 rings (SSSR count). The standard InChI is InChI=1S/C17H16N2OS/c1-3-13-5-7-15(8-6-13)19-17(20)14(11-18)10-16-9-4-12(2)21-16/h4-10H,3H2,1-2H3,(H,19,20)/b14-10-. The van der Waals surface area contributed by atoms with Crippen molar-refractivity contribution in [1.29, 1.82) is 5.26 Å². The summed E-state index contributed by atoms with van der Waals surface area (Å²) < 4.78 is 0. The summed E-state index contributed by atoms with van der Waals surface area (Å²) >= 11 is 1.55. The molecule has 0 fully saturated rings. The lowest BCUT2D eigenvalue weighted by molar-refractivity contribution is -0.112. The van der Waals surface area contributed by atoms with Crippen molar-refractivity contribution in [2.75, 3.05) is 5.32 Å². The molecule has 0 saturated carbocycles. The quantitative estimate of drug-likeness (QED) is 0.680. The second-order valence-electron chi connectivity index (χ2n) is 4.62. The van der Waals surface area contributed by atoms with Crippen LogP contribution in [-0.2, 0) is 11.2 Å². The van der Waals surface area contributed by atoms with Crippen LogP contribution < -0.4 is 5.32 Å². The van der Waals surface area contributed by atoms with Crippen LogP contribution in [0.2, 0.25) is 0 Å². The average molecular weight is 296 g/mol. The molecule has 1 aromatic heterocycles. The van der Waals surface area contributed by atoms with E-state index < -0.39 is 0 Å². The number of nitriles is 1. The molecule has 0 atom stereocenters. The average Bonchev–Trinajstić information content (AvgIpc) is 2.90. The fraction of sp³-hybridized carbons (Fsp3) is 0.176. The van der Waals surface area contributed by atoms with Gasteiger partial charge in [-0.05, 0) is 49.2 Å². The molecule has 0 aliphatic heterocycles. The number of benzene rings is 1. The summed E-state index contributed by atoms with van der Waals surface area (Å²) in [5, 5.41) is 11.9. The molecule has 1 amide bonds. The van der Waals surface area contributed by atoms with Gasteiger partial charge in [0.05, 0.1) is 0 Å². The Morgan fingerprint density at radius 1 is 1.29 bits per heavy atom. The molecule has 0 unspecified atom stereocenters. The topological polar surface area (TPSA) is 52.9 Å². The van der Waals surface area contributed by atoms with Crippen molar-refractivity contribution in [3.05, 3.63) is 57.3 Å². The van der Waals surface area contributed by atoms with E-state index in [0.29, 0.717) is 5.69 Å². The Labute approximate surface area is 128 Å². The fourth-order valence-corrected chi connectivity index (χ4v) is 2.66. The predicted octanol–water partition coefficient (Wildman–Crippen LogP) is 4.16. The van der Waals surface area contributed by atoms with E-state index in [1.807, 2.05) is 49.4 Å². The van der Waals surface area contributed by atoms with Gasteiger partial charge in [-0.3, -0.25) is 4.79 Å². The van der Waals surface area contributed by atoms with Gasteiger partial charge in [-0.15, -0.1) is 11.3 Å². The minimum absolute atomic E-state index is 0.108. The Balaban J connectivity index is 2.13. The highest BCUT2D eigenvalue weighted by molar-refractivity contribution is 7.12. The van der Waals surface area contributed by atoms with Crippen LogP contribution in [0.3, 0.4) is 0 Å². The van der Waals surface area contributed by atoms with Crippen LogP contribution in [0, 0.1) is 18.3 Å². The summed E-state index contributed by atoms with van der Waals surface area (Å²) in [6.07, 6.45) is 2.57. The number of hydrogen-bond acceptors (Lipinski definition) is 3. The van der Waals surface area contributed by atoms with E-state index in [9.17, 15) is 4.79 Å².